The third-order valence-corrected chi connectivity index (χ3v) is 4.88. The molecule has 128 valence electrons. The third kappa shape index (κ3) is 6.56. The van der Waals surface area contributed by atoms with E-state index in [0.717, 1.165) is 30.8 Å². The van der Waals surface area contributed by atoms with Crippen LogP contribution in [0.3, 0.4) is 0 Å². The van der Waals surface area contributed by atoms with Crippen LogP contribution in [0.15, 0.2) is 11.2 Å². The Balaban J connectivity index is 1.63. The number of carbonyl (C=O) groups is 1. The smallest absolute Gasteiger partial charge is 0.239 e. The van der Waals surface area contributed by atoms with Crippen LogP contribution in [-0.2, 0) is 11.2 Å². The molecule has 0 aromatic carbocycles. The molecule has 1 aliphatic carbocycles. The lowest BCUT2D eigenvalue weighted by Gasteiger charge is -2.23. The van der Waals surface area contributed by atoms with Crippen molar-refractivity contribution in [2.24, 2.45) is 4.99 Å². The van der Waals surface area contributed by atoms with E-state index >= 15 is 0 Å². The highest BCUT2D eigenvalue weighted by atomic mass is 32.1. The lowest BCUT2D eigenvalue weighted by molar-refractivity contribution is -0.120. The fourth-order valence-corrected chi connectivity index (χ4v) is 3.50. The molecule has 0 saturated heterocycles. The zero-order valence-corrected chi connectivity index (χ0v) is 14.8. The van der Waals surface area contributed by atoms with E-state index in [9.17, 15) is 4.79 Å². The van der Waals surface area contributed by atoms with Gasteiger partial charge in [0.05, 0.1) is 11.6 Å². The minimum atomic E-state index is 0.0374. The summed E-state index contributed by atoms with van der Waals surface area (Å²) >= 11 is 1.71. The fraction of sp³-hybridized carbons (Fsp3) is 0.688. The van der Waals surface area contributed by atoms with Crippen molar-refractivity contribution < 1.29 is 4.79 Å². The quantitative estimate of drug-likeness (QED) is 0.544. The number of amides is 1. The number of aliphatic imine (C=N–C) groups is 1. The molecule has 0 unspecified atom stereocenters. The number of hydrogen-bond acceptors (Lipinski definition) is 4. The monoisotopic (exact) mass is 337 g/mol. The molecule has 3 N–H and O–H groups in total. The number of rotatable bonds is 6. The molecular formula is C16H27N5OS. The van der Waals surface area contributed by atoms with Gasteiger partial charge in [-0.3, -0.25) is 9.79 Å². The van der Waals surface area contributed by atoms with E-state index < -0.39 is 0 Å². The van der Waals surface area contributed by atoms with Crippen LogP contribution in [0.5, 0.6) is 0 Å². The van der Waals surface area contributed by atoms with E-state index in [2.05, 4.69) is 32.9 Å². The maximum absolute atomic E-state index is 12.0. The van der Waals surface area contributed by atoms with Crippen LogP contribution in [0.1, 0.15) is 42.0 Å². The largest absolute Gasteiger partial charge is 0.356 e. The molecule has 0 bridgehead atoms. The van der Waals surface area contributed by atoms with Gasteiger partial charge in [0.25, 0.3) is 0 Å². The number of aryl methyl sites for hydroxylation is 1. The lowest BCUT2D eigenvalue weighted by atomic mass is 9.95. The summed E-state index contributed by atoms with van der Waals surface area (Å²) in [5.41, 5.74) is 0. The number of guanidine groups is 1. The van der Waals surface area contributed by atoms with Gasteiger partial charge in [-0.2, -0.15) is 0 Å². The first-order chi connectivity index (χ1) is 11.2. The average Bonchev–Trinajstić information content (AvgIpc) is 2.97. The maximum Gasteiger partial charge on any atom is 0.239 e. The van der Waals surface area contributed by atoms with Gasteiger partial charge in [0.15, 0.2) is 5.96 Å². The van der Waals surface area contributed by atoms with Crippen molar-refractivity contribution in [1.82, 2.24) is 20.9 Å². The minimum Gasteiger partial charge on any atom is -0.356 e. The van der Waals surface area contributed by atoms with Crippen molar-refractivity contribution in [3.63, 3.8) is 0 Å². The molecular weight excluding hydrogens is 310 g/mol. The SMILES string of the molecule is CN=C(NCCc1ncc(C)s1)NCC(=O)NC1CCCCC1. The first kappa shape index (κ1) is 17.7. The van der Waals surface area contributed by atoms with Crippen LogP contribution in [0.2, 0.25) is 0 Å². The molecule has 7 heteroatoms. The van der Waals surface area contributed by atoms with Crippen molar-refractivity contribution in [3.8, 4) is 0 Å². The van der Waals surface area contributed by atoms with E-state index in [-0.39, 0.29) is 12.5 Å². The molecule has 1 fully saturated rings. The summed E-state index contributed by atoms with van der Waals surface area (Å²) in [6, 6.07) is 0.348. The van der Waals surface area contributed by atoms with Gasteiger partial charge >= 0.3 is 0 Å². The van der Waals surface area contributed by atoms with Gasteiger partial charge in [0, 0.05) is 37.1 Å². The Morgan fingerprint density at radius 3 is 2.78 bits per heavy atom. The summed E-state index contributed by atoms with van der Waals surface area (Å²) in [4.78, 5) is 21.7. The Morgan fingerprint density at radius 1 is 1.35 bits per heavy atom. The Labute approximate surface area is 142 Å². The first-order valence-electron chi connectivity index (χ1n) is 8.32. The molecule has 0 aliphatic heterocycles. The molecule has 23 heavy (non-hydrogen) atoms. The predicted octanol–water partition coefficient (Wildman–Crippen LogP) is 1.61. The molecule has 1 amide bonds. The Kier molecular flexibility index (Phi) is 7.32. The van der Waals surface area contributed by atoms with E-state index in [1.807, 2.05) is 6.20 Å². The van der Waals surface area contributed by atoms with E-state index in [4.69, 9.17) is 0 Å². The lowest BCUT2D eigenvalue weighted by Crippen LogP contribution is -2.46. The number of aromatic nitrogens is 1. The van der Waals surface area contributed by atoms with Crippen LogP contribution in [-0.4, -0.2) is 43.0 Å². The number of nitrogens with zero attached hydrogens (tertiary/aromatic N) is 2. The number of carbonyl (C=O) groups excluding carboxylic acids is 1. The van der Waals surface area contributed by atoms with Gasteiger partial charge < -0.3 is 16.0 Å². The summed E-state index contributed by atoms with van der Waals surface area (Å²) in [6.45, 7) is 3.06. The van der Waals surface area contributed by atoms with Gasteiger partial charge in [-0.15, -0.1) is 11.3 Å². The highest BCUT2D eigenvalue weighted by Crippen LogP contribution is 2.17. The second-order valence-corrected chi connectivity index (χ2v) is 7.19. The standard InChI is InChI=1S/C16H27N5OS/c1-12-10-19-15(23-12)8-9-18-16(17-2)20-11-14(22)21-13-6-4-3-5-7-13/h10,13H,3-9,11H2,1-2H3,(H,21,22)(H2,17,18,20). The van der Waals surface area contributed by atoms with Gasteiger partial charge in [-0.1, -0.05) is 19.3 Å². The second-order valence-electron chi connectivity index (χ2n) is 5.87. The summed E-state index contributed by atoms with van der Waals surface area (Å²) < 4.78 is 0. The molecule has 6 nitrogen and oxygen atoms in total. The number of nitrogens with one attached hydrogen (secondary N) is 3. The van der Waals surface area contributed by atoms with Gasteiger partial charge in [-0.05, 0) is 19.8 Å². The molecule has 1 aliphatic rings. The number of thiazole rings is 1. The molecule has 0 spiro atoms. The first-order valence-corrected chi connectivity index (χ1v) is 9.14. The van der Waals surface area contributed by atoms with Gasteiger partial charge in [0.1, 0.15) is 0 Å². The molecule has 0 atom stereocenters. The average molecular weight is 337 g/mol. The van der Waals surface area contributed by atoms with Crippen molar-refractivity contribution in [1.29, 1.82) is 0 Å². The minimum absolute atomic E-state index is 0.0374. The van der Waals surface area contributed by atoms with E-state index in [0.29, 0.717) is 12.0 Å². The second kappa shape index (κ2) is 9.50. The molecule has 1 aromatic heterocycles. The third-order valence-electron chi connectivity index (χ3n) is 3.91. The predicted molar refractivity (Wildman–Crippen MR) is 94.9 cm³/mol. The van der Waals surface area contributed by atoms with E-state index in [1.165, 1.54) is 24.1 Å². The summed E-state index contributed by atoms with van der Waals surface area (Å²) in [6.07, 6.45) is 8.68. The van der Waals surface area contributed by atoms with Crippen LogP contribution in [0.4, 0.5) is 0 Å². The summed E-state index contributed by atoms with van der Waals surface area (Å²) in [7, 11) is 1.71. The molecule has 0 radical (unpaired) electrons. The summed E-state index contributed by atoms with van der Waals surface area (Å²) in [5, 5.41) is 10.5. The van der Waals surface area contributed by atoms with Crippen molar-refractivity contribution in [3.05, 3.63) is 16.1 Å². The topological polar surface area (TPSA) is 78.4 Å². The van der Waals surface area contributed by atoms with Gasteiger partial charge in [0.2, 0.25) is 5.91 Å². The van der Waals surface area contributed by atoms with Crippen LogP contribution >= 0.6 is 11.3 Å². The molecule has 1 heterocycles. The molecule has 1 saturated carbocycles. The molecule has 1 aromatic rings. The zero-order valence-electron chi connectivity index (χ0n) is 14.0. The number of hydrogen-bond donors (Lipinski definition) is 3. The Hall–Kier alpha value is -1.63. The Bertz CT molecular complexity index is 522. The zero-order chi connectivity index (χ0) is 16.5. The van der Waals surface area contributed by atoms with Crippen molar-refractivity contribution in [2.75, 3.05) is 20.1 Å². The summed E-state index contributed by atoms with van der Waals surface area (Å²) in [5.74, 6) is 0.687. The van der Waals surface area contributed by atoms with Crippen LogP contribution in [0.25, 0.3) is 0 Å². The van der Waals surface area contributed by atoms with E-state index in [1.54, 1.807) is 18.4 Å². The maximum atomic E-state index is 12.0. The highest BCUT2D eigenvalue weighted by molar-refractivity contribution is 7.11. The normalized spacial score (nSPS) is 16.2. The van der Waals surface area contributed by atoms with Gasteiger partial charge in [-0.25, -0.2) is 4.98 Å². The van der Waals surface area contributed by atoms with Crippen LogP contribution < -0.4 is 16.0 Å². The van der Waals surface area contributed by atoms with Crippen molar-refractivity contribution >= 4 is 23.2 Å². The molecule has 2 rings (SSSR count). The van der Waals surface area contributed by atoms with Crippen LogP contribution in [0, 0.1) is 6.92 Å². The Morgan fingerprint density at radius 2 is 2.13 bits per heavy atom. The fourth-order valence-electron chi connectivity index (χ4n) is 2.72. The van der Waals surface area contributed by atoms with Crippen molar-refractivity contribution in [2.45, 2.75) is 51.5 Å². The highest BCUT2D eigenvalue weighted by Gasteiger charge is 2.15.